The fraction of sp³-hybridized carbons (Fsp3) is 0.393. The van der Waals surface area contributed by atoms with Crippen LogP contribution in [0.25, 0.3) is 22.4 Å². The molecule has 148 valence electrons. The predicted molar refractivity (Wildman–Crippen MR) is 121 cm³/mol. The number of hydrogen-bond donors (Lipinski definition) is 0. The highest BCUT2D eigenvalue weighted by Gasteiger charge is 2.28. The number of rotatable bonds is 2. The van der Waals surface area contributed by atoms with Gasteiger partial charge in [0.25, 0.3) is 0 Å². The lowest BCUT2D eigenvalue weighted by Gasteiger charge is -2.23. The molecule has 1 aromatic heterocycles. The normalized spacial score (nSPS) is 16.0. The first kappa shape index (κ1) is 18.6. The van der Waals surface area contributed by atoms with E-state index in [-0.39, 0.29) is 0 Å². The molecule has 0 aliphatic heterocycles. The molecule has 0 saturated heterocycles. The molecule has 0 atom stereocenters. The molecule has 2 aliphatic carbocycles. The first-order valence-corrected chi connectivity index (χ1v) is 11.3. The molecule has 5 rings (SSSR count). The van der Waals surface area contributed by atoms with Gasteiger partial charge in [0.05, 0.1) is 5.56 Å². The van der Waals surface area contributed by atoms with Gasteiger partial charge < -0.3 is 0 Å². The Hall–Kier alpha value is -2.41. The zero-order chi connectivity index (χ0) is 20.1. The molecule has 1 saturated carbocycles. The van der Waals surface area contributed by atoms with Gasteiger partial charge in [-0.15, -0.1) is 0 Å². The molecule has 0 spiro atoms. The van der Waals surface area contributed by atoms with Crippen LogP contribution in [0.3, 0.4) is 0 Å². The van der Waals surface area contributed by atoms with Crippen molar-refractivity contribution in [2.24, 2.45) is 7.05 Å². The largest absolute Gasteiger partial charge is 0.213 e. The second kappa shape index (κ2) is 7.13. The predicted octanol–water partition coefficient (Wildman–Crippen LogP) is 6.72. The van der Waals surface area contributed by atoms with Crippen molar-refractivity contribution >= 4 is 0 Å². The Bertz CT molecular complexity index is 1100. The van der Waals surface area contributed by atoms with Crippen LogP contribution in [0, 0.1) is 20.8 Å². The SMILES string of the molecule is Cc1ccc2c(c1)-c1ccc(C)c(-c3cc(C)c(C4CCCCC4)c[n+]3C)c1C2. The number of fused-ring (bicyclic) bond motifs is 3. The van der Waals surface area contributed by atoms with Crippen molar-refractivity contribution in [3.63, 3.8) is 0 Å². The molecule has 29 heavy (non-hydrogen) atoms. The van der Waals surface area contributed by atoms with Crippen LogP contribution in [0.15, 0.2) is 42.6 Å². The van der Waals surface area contributed by atoms with Crippen molar-refractivity contribution in [3.05, 3.63) is 76.0 Å². The van der Waals surface area contributed by atoms with Crippen molar-refractivity contribution in [1.82, 2.24) is 0 Å². The molecule has 1 fully saturated rings. The molecule has 3 aromatic rings. The summed E-state index contributed by atoms with van der Waals surface area (Å²) in [6, 6.07) is 14.0. The summed E-state index contributed by atoms with van der Waals surface area (Å²) in [5.41, 5.74) is 14.4. The molecule has 0 unspecified atom stereocenters. The van der Waals surface area contributed by atoms with Crippen LogP contribution in [-0.2, 0) is 13.5 Å². The van der Waals surface area contributed by atoms with Gasteiger partial charge >= 0.3 is 0 Å². The maximum Gasteiger partial charge on any atom is 0.213 e. The van der Waals surface area contributed by atoms with Gasteiger partial charge in [0, 0.05) is 11.6 Å². The fourth-order valence-electron chi connectivity index (χ4n) is 5.70. The van der Waals surface area contributed by atoms with Crippen molar-refractivity contribution in [2.75, 3.05) is 0 Å². The van der Waals surface area contributed by atoms with Crippen LogP contribution in [0.1, 0.15) is 71.4 Å². The third-order valence-electron chi connectivity index (χ3n) is 7.27. The first-order valence-electron chi connectivity index (χ1n) is 11.3. The third-order valence-corrected chi connectivity index (χ3v) is 7.27. The highest BCUT2D eigenvalue weighted by Crippen LogP contribution is 2.43. The molecule has 2 aromatic carbocycles. The van der Waals surface area contributed by atoms with E-state index >= 15 is 0 Å². The summed E-state index contributed by atoms with van der Waals surface area (Å²) in [5.74, 6) is 0.749. The minimum Gasteiger partial charge on any atom is -0.201 e. The van der Waals surface area contributed by atoms with E-state index in [0.717, 1.165) is 12.3 Å². The van der Waals surface area contributed by atoms with Gasteiger partial charge in [0.2, 0.25) is 5.69 Å². The Kier molecular flexibility index (Phi) is 4.57. The first-order chi connectivity index (χ1) is 14.0. The summed E-state index contributed by atoms with van der Waals surface area (Å²) in [6.45, 7) is 6.79. The number of nitrogens with zero attached hydrogens (tertiary/aromatic N) is 1. The van der Waals surface area contributed by atoms with E-state index in [9.17, 15) is 0 Å². The quantitative estimate of drug-likeness (QED) is 0.339. The Balaban J connectivity index is 1.64. The number of benzene rings is 2. The van der Waals surface area contributed by atoms with E-state index in [2.05, 4.69) is 75.0 Å². The van der Waals surface area contributed by atoms with Gasteiger partial charge in [-0.1, -0.05) is 55.2 Å². The number of aromatic nitrogens is 1. The van der Waals surface area contributed by atoms with Crippen LogP contribution >= 0.6 is 0 Å². The smallest absolute Gasteiger partial charge is 0.201 e. The molecule has 1 heterocycles. The van der Waals surface area contributed by atoms with Crippen molar-refractivity contribution in [3.8, 4) is 22.4 Å². The lowest BCUT2D eigenvalue weighted by atomic mass is 9.82. The second-order valence-electron chi connectivity index (χ2n) is 9.36. The van der Waals surface area contributed by atoms with Gasteiger partial charge in [0.1, 0.15) is 7.05 Å². The molecule has 2 aliphatic rings. The van der Waals surface area contributed by atoms with Crippen molar-refractivity contribution < 1.29 is 4.57 Å². The Labute approximate surface area is 175 Å². The van der Waals surface area contributed by atoms with Gasteiger partial charge in [0.15, 0.2) is 6.20 Å². The summed E-state index contributed by atoms with van der Waals surface area (Å²) in [7, 11) is 2.24. The van der Waals surface area contributed by atoms with E-state index in [1.165, 1.54) is 82.3 Å². The van der Waals surface area contributed by atoms with E-state index in [1.807, 2.05) is 0 Å². The fourth-order valence-corrected chi connectivity index (χ4v) is 5.70. The maximum absolute atomic E-state index is 2.46. The summed E-state index contributed by atoms with van der Waals surface area (Å²) >= 11 is 0. The topological polar surface area (TPSA) is 3.88 Å². The number of hydrogen-bond acceptors (Lipinski definition) is 0. The summed E-state index contributed by atoms with van der Waals surface area (Å²) in [5, 5.41) is 0. The van der Waals surface area contributed by atoms with Gasteiger partial charge in [-0.3, -0.25) is 0 Å². The Morgan fingerprint density at radius 3 is 2.41 bits per heavy atom. The zero-order valence-corrected chi connectivity index (χ0v) is 18.3. The molecule has 0 amide bonds. The molecule has 0 bridgehead atoms. The monoisotopic (exact) mass is 382 g/mol. The van der Waals surface area contributed by atoms with E-state index < -0.39 is 0 Å². The highest BCUT2D eigenvalue weighted by atomic mass is 14.9. The average molecular weight is 383 g/mol. The zero-order valence-electron chi connectivity index (χ0n) is 18.3. The minimum absolute atomic E-state index is 0.749. The minimum atomic E-state index is 0.749. The van der Waals surface area contributed by atoms with E-state index in [1.54, 1.807) is 5.56 Å². The Morgan fingerprint density at radius 1 is 0.828 bits per heavy atom. The maximum atomic E-state index is 2.46. The van der Waals surface area contributed by atoms with Crippen LogP contribution in [0.2, 0.25) is 0 Å². The molecular formula is C28H32N+. The van der Waals surface area contributed by atoms with Crippen LogP contribution in [-0.4, -0.2) is 0 Å². The summed E-state index contributed by atoms with van der Waals surface area (Å²) in [6.07, 6.45) is 10.4. The highest BCUT2D eigenvalue weighted by molar-refractivity contribution is 5.85. The number of aryl methyl sites for hydroxylation is 4. The van der Waals surface area contributed by atoms with Gasteiger partial charge in [-0.05, 0) is 79.3 Å². The second-order valence-corrected chi connectivity index (χ2v) is 9.36. The molecule has 0 radical (unpaired) electrons. The standard InChI is InChI=1S/C28H32N/c1-18-10-12-22-16-25-23(24(22)14-18)13-11-19(2)28(25)27-15-20(3)26(17-29(27)4)21-8-6-5-7-9-21/h10-15,17,21H,5-9,16H2,1-4H3/q+1. The van der Waals surface area contributed by atoms with Gasteiger partial charge in [-0.25, -0.2) is 4.57 Å². The summed E-state index contributed by atoms with van der Waals surface area (Å²) < 4.78 is 2.40. The van der Waals surface area contributed by atoms with Crippen molar-refractivity contribution in [1.29, 1.82) is 0 Å². The van der Waals surface area contributed by atoms with Crippen LogP contribution in [0.5, 0.6) is 0 Å². The third kappa shape index (κ3) is 3.12. The lowest BCUT2D eigenvalue weighted by Crippen LogP contribution is -2.33. The lowest BCUT2D eigenvalue weighted by molar-refractivity contribution is -0.661. The van der Waals surface area contributed by atoms with Crippen LogP contribution in [0.4, 0.5) is 0 Å². The van der Waals surface area contributed by atoms with E-state index in [0.29, 0.717) is 0 Å². The van der Waals surface area contributed by atoms with Gasteiger partial charge in [-0.2, -0.15) is 0 Å². The molecular weight excluding hydrogens is 350 g/mol. The molecule has 1 nitrogen and oxygen atoms in total. The summed E-state index contributed by atoms with van der Waals surface area (Å²) in [4.78, 5) is 0. The van der Waals surface area contributed by atoms with E-state index in [4.69, 9.17) is 0 Å². The Morgan fingerprint density at radius 2 is 1.62 bits per heavy atom. The van der Waals surface area contributed by atoms with Crippen LogP contribution < -0.4 is 4.57 Å². The molecule has 0 N–H and O–H groups in total. The van der Waals surface area contributed by atoms with Crippen molar-refractivity contribution in [2.45, 2.75) is 65.2 Å². The average Bonchev–Trinajstić information content (AvgIpc) is 3.08. The number of pyridine rings is 1. The molecule has 1 heteroatoms.